The maximum atomic E-state index is 5.44. The normalized spacial score (nSPS) is 13.2. The van der Waals surface area contributed by atoms with Crippen molar-refractivity contribution < 1.29 is 0 Å². The first kappa shape index (κ1) is 12.6. The summed E-state index contributed by atoms with van der Waals surface area (Å²) in [6, 6.07) is 8.28. The van der Waals surface area contributed by atoms with Gasteiger partial charge in [-0.25, -0.2) is 5.84 Å². The number of nitrogens with zero attached hydrogens (tertiary/aromatic N) is 5. The van der Waals surface area contributed by atoms with Crippen molar-refractivity contribution in [3.63, 3.8) is 0 Å². The van der Waals surface area contributed by atoms with E-state index in [0.717, 1.165) is 18.7 Å². The smallest absolute Gasteiger partial charge is 0.243 e. The largest absolute Gasteiger partial charge is 0.347 e. The summed E-state index contributed by atoms with van der Waals surface area (Å²) in [6.07, 6.45) is 0.991. The first-order valence-corrected chi connectivity index (χ1v) is 6.44. The van der Waals surface area contributed by atoms with Crippen LogP contribution in [0.15, 0.2) is 24.3 Å². The number of para-hydroxylation sites is 1. The molecular weight excluding hydrogens is 254 g/mol. The topological polar surface area (TPSA) is 83.2 Å². The number of hydrogen-bond donors (Lipinski definition) is 2. The van der Waals surface area contributed by atoms with Crippen molar-refractivity contribution in [2.24, 2.45) is 5.84 Å². The molecule has 0 spiro atoms. The molecule has 0 radical (unpaired) electrons. The van der Waals surface area contributed by atoms with Crippen LogP contribution in [0.4, 0.5) is 23.5 Å². The Morgan fingerprint density at radius 3 is 2.75 bits per heavy atom. The zero-order valence-corrected chi connectivity index (χ0v) is 11.5. The van der Waals surface area contributed by atoms with Crippen LogP contribution in [0.25, 0.3) is 0 Å². The highest BCUT2D eigenvalue weighted by Gasteiger charge is 2.23. The van der Waals surface area contributed by atoms with E-state index in [2.05, 4.69) is 37.4 Å². The van der Waals surface area contributed by atoms with Gasteiger partial charge in [0.05, 0.1) is 0 Å². The summed E-state index contributed by atoms with van der Waals surface area (Å²) < 4.78 is 0. The van der Waals surface area contributed by atoms with Gasteiger partial charge in [-0.3, -0.25) is 5.43 Å². The maximum absolute atomic E-state index is 5.44. The number of rotatable bonds is 3. The minimum atomic E-state index is 0.364. The average Bonchev–Trinajstić information content (AvgIpc) is 2.90. The molecule has 3 N–H and O–H groups in total. The third kappa shape index (κ3) is 2.12. The summed E-state index contributed by atoms with van der Waals surface area (Å²) in [6.45, 7) is 0.861. The number of hydrazine groups is 1. The molecule has 3 rings (SSSR count). The Labute approximate surface area is 117 Å². The van der Waals surface area contributed by atoms with Crippen LogP contribution in [-0.2, 0) is 6.42 Å². The molecule has 2 aromatic rings. The number of benzene rings is 1. The van der Waals surface area contributed by atoms with E-state index in [1.54, 1.807) is 0 Å². The van der Waals surface area contributed by atoms with E-state index in [9.17, 15) is 0 Å². The number of nitrogen functional groups attached to an aromatic ring is 1. The van der Waals surface area contributed by atoms with Crippen molar-refractivity contribution in [1.82, 2.24) is 15.0 Å². The monoisotopic (exact) mass is 271 g/mol. The van der Waals surface area contributed by atoms with Crippen molar-refractivity contribution in [2.45, 2.75) is 6.42 Å². The van der Waals surface area contributed by atoms with Crippen LogP contribution in [0, 0.1) is 0 Å². The molecule has 1 aliphatic rings. The molecule has 7 heteroatoms. The standard InChI is InChI=1S/C13H17N7/c1-19(2)12-15-11(18-14)16-13(17-12)20-8-7-9-5-3-4-6-10(9)20/h3-6H,7-8,14H2,1-2H3,(H,15,16,17,18). The second-order valence-electron chi connectivity index (χ2n) is 4.83. The number of aromatic nitrogens is 3. The lowest BCUT2D eigenvalue weighted by atomic mass is 10.2. The molecule has 1 aromatic carbocycles. The van der Waals surface area contributed by atoms with Gasteiger partial charge in [-0.05, 0) is 18.1 Å². The number of fused-ring (bicyclic) bond motifs is 1. The quantitative estimate of drug-likeness (QED) is 0.634. The summed E-state index contributed by atoms with van der Waals surface area (Å²) in [4.78, 5) is 17.0. The highest BCUT2D eigenvalue weighted by atomic mass is 15.4. The van der Waals surface area contributed by atoms with Gasteiger partial charge in [0.1, 0.15) is 0 Å². The Morgan fingerprint density at radius 1 is 1.20 bits per heavy atom. The van der Waals surface area contributed by atoms with Crippen LogP contribution in [0.3, 0.4) is 0 Å². The van der Waals surface area contributed by atoms with E-state index < -0.39 is 0 Å². The van der Waals surface area contributed by atoms with E-state index in [4.69, 9.17) is 5.84 Å². The second kappa shape index (κ2) is 4.93. The molecule has 0 aliphatic carbocycles. The zero-order valence-electron chi connectivity index (χ0n) is 11.5. The average molecular weight is 271 g/mol. The molecule has 0 fully saturated rings. The van der Waals surface area contributed by atoms with E-state index in [1.165, 1.54) is 5.56 Å². The van der Waals surface area contributed by atoms with Crippen molar-refractivity contribution in [3.8, 4) is 0 Å². The Morgan fingerprint density at radius 2 is 2.00 bits per heavy atom. The van der Waals surface area contributed by atoms with Gasteiger partial charge in [0.25, 0.3) is 0 Å². The fourth-order valence-corrected chi connectivity index (χ4v) is 2.29. The third-order valence-corrected chi connectivity index (χ3v) is 3.27. The van der Waals surface area contributed by atoms with Crippen molar-refractivity contribution in [2.75, 3.05) is 35.9 Å². The van der Waals surface area contributed by atoms with Gasteiger partial charge in [0, 0.05) is 26.3 Å². The van der Waals surface area contributed by atoms with Crippen molar-refractivity contribution >= 4 is 23.5 Å². The number of nitrogens with two attached hydrogens (primary N) is 1. The van der Waals surface area contributed by atoms with E-state index >= 15 is 0 Å². The van der Waals surface area contributed by atoms with Gasteiger partial charge in [-0.15, -0.1) is 0 Å². The first-order chi connectivity index (χ1) is 9.69. The van der Waals surface area contributed by atoms with Gasteiger partial charge >= 0.3 is 0 Å². The predicted octanol–water partition coefficient (Wildman–Crippen LogP) is 0.917. The van der Waals surface area contributed by atoms with E-state index in [0.29, 0.717) is 17.8 Å². The molecule has 1 aromatic heterocycles. The minimum absolute atomic E-state index is 0.364. The first-order valence-electron chi connectivity index (χ1n) is 6.44. The summed E-state index contributed by atoms with van der Waals surface area (Å²) in [5.41, 5.74) is 4.95. The van der Waals surface area contributed by atoms with Crippen LogP contribution in [-0.4, -0.2) is 35.6 Å². The zero-order chi connectivity index (χ0) is 14.1. The molecule has 7 nitrogen and oxygen atoms in total. The lowest BCUT2D eigenvalue weighted by molar-refractivity contribution is 0.894. The number of nitrogens with one attached hydrogen (secondary N) is 1. The van der Waals surface area contributed by atoms with Crippen LogP contribution < -0.4 is 21.1 Å². The molecule has 20 heavy (non-hydrogen) atoms. The van der Waals surface area contributed by atoms with Crippen molar-refractivity contribution in [3.05, 3.63) is 29.8 Å². The SMILES string of the molecule is CN(C)c1nc(NN)nc(N2CCc3ccccc32)n1. The van der Waals surface area contributed by atoms with Gasteiger partial charge in [0.15, 0.2) is 0 Å². The molecule has 2 heterocycles. The lowest BCUT2D eigenvalue weighted by Gasteiger charge is -2.19. The molecule has 0 atom stereocenters. The summed E-state index contributed by atoms with van der Waals surface area (Å²) >= 11 is 0. The highest BCUT2D eigenvalue weighted by molar-refractivity contribution is 5.66. The Bertz CT molecular complexity index is 626. The minimum Gasteiger partial charge on any atom is -0.347 e. The van der Waals surface area contributed by atoms with E-state index in [1.807, 2.05) is 31.1 Å². The molecule has 1 aliphatic heterocycles. The van der Waals surface area contributed by atoms with Gasteiger partial charge in [-0.1, -0.05) is 18.2 Å². The fraction of sp³-hybridized carbons (Fsp3) is 0.308. The third-order valence-electron chi connectivity index (χ3n) is 3.27. The van der Waals surface area contributed by atoms with Crippen LogP contribution >= 0.6 is 0 Å². The summed E-state index contributed by atoms with van der Waals surface area (Å²) in [5, 5.41) is 0. The number of hydrogen-bond acceptors (Lipinski definition) is 7. The van der Waals surface area contributed by atoms with Gasteiger partial charge in [-0.2, -0.15) is 15.0 Å². The number of anilines is 4. The summed E-state index contributed by atoms with van der Waals surface area (Å²) in [5.74, 6) is 6.99. The predicted molar refractivity (Wildman–Crippen MR) is 79.1 cm³/mol. The van der Waals surface area contributed by atoms with Crippen LogP contribution in [0.5, 0.6) is 0 Å². The van der Waals surface area contributed by atoms with Crippen LogP contribution in [0.1, 0.15) is 5.56 Å². The molecular formula is C13H17N7. The fourth-order valence-electron chi connectivity index (χ4n) is 2.29. The Hall–Kier alpha value is -2.41. The Kier molecular flexibility index (Phi) is 3.11. The molecule has 104 valence electrons. The van der Waals surface area contributed by atoms with Crippen LogP contribution in [0.2, 0.25) is 0 Å². The highest BCUT2D eigenvalue weighted by Crippen LogP contribution is 2.32. The second-order valence-corrected chi connectivity index (χ2v) is 4.83. The molecule has 0 saturated heterocycles. The Balaban J connectivity index is 2.05. The van der Waals surface area contributed by atoms with Gasteiger partial charge in [0.2, 0.25) is 17.8 Å². The molecule has 0 unspecified atom stereocenters. The van der Waals surface area contributed by atoms with Gasteiger partial charge < -0.3 is 9.80 Å². The maximum Gasteiger partial charge on any atom is 0.243 e. The summed E-state index contributed by atoms with van der Waals surface area (Å²) in [7, 11) is 3.77. The van der Waals surface area contributed by atoms with Crippen molar-refractivity contribution in [1.29, 1.82) is 0 Å². The van der Waals surface area contributed by atoms with E-state index in [-0.39, 0.29) is 0 Å². The lowest BCUT2D eigenvalue weighted by Crippen LogP contribution is -2.22. The molecule has 0 saturated carbocycles. The molecule has 0 bridgehead atoms. The molecule has 0 amide bonds.